The van der Waals surface area contributed by atoms with Gasteiger partial charge in [0.05, 0.1) is 0 Å². The fourth-order valence-corrected chi connectivity index (χ4v) is 6.85. The summed E-state index contributed by atoms with van der Waals surface area (Å²) in [6.07, 6.45) is 10.3. The number of rotatable bonds is 0. The molecule has 0 spiro atoms. The molecule has 1 N–H and O–H groups in total. The average molecular weight is 287 g/mol. The van der Waals surface area contributed by atoms with Crippen LogP contribution in [-0.2, 0) is 4.79 Å². The monoisotopic (exact) mass is 287 g/mol. The van der Waals surface area contributed by atoms with Crippen molar-refractivity contribution < 1.29 is 4.79 Å². The van der Waals surface area contributed by atoms with E-state index in [0.717, 1.165) is 55.6 Å². The molecule has 116 valence electrons. The predicted molar refractivity (Wildman–Crippen MR) is 84.5 cm³/mol. The molecule has 0 saturated heterocycles. The second-order valence-electron chi connectivity index (χ2n) is 8.88. The van der Waals surface area contributed by atoms with E-state index >= 15 is 0 Å². The van der Waals surface area contributed by atoms with Crippen LogP contribution in [0, 0.1) is 39.9 Å². The summed E-state index contributed by atoms with van der Waals surface area (Å²) >= 11 is 0. The predicted octanol–water partition coefficient (Wildman–Crippen LogP) is 4.62. The van der Waals surface area contributed by atoms with Gasteiger partial charge in [-0.15, -0.1) is 0 Å². The van der Waals surface area contributed by atoms with E-state index in [9.17, 15) is 4.79 Å². The number of fused-ring (bicyclic) bond motifs is 5. The second-order valence-corrected chi connectivity index (χ2v) is 8.88. The molecule has 4 rings (SSSR count). The SMILES string of the molecule is C[C@]12CCC(=N)C[C@@H]1CC[C@@H]1[C@@H]2CC[C@]2(C)C(=O)CC[C@@H]12. The lowest BCUT2D eigenvalue weighted by Gasteiger charge is -2.59. The molecule has 0 aromatic carbocycles. The van der Waals surface area contributed by atoms with Gasteiger partial charge in [-0.25, -0.2) is 0 Å². The first kappa shape index (κ1) is 14.0. The van der Waals surface area contributed by atoms with Crippen molar-refractivity contribution in [2.24, 2.45) is 34.5 Å². The molecule has 0 aliphatic heterocycles. The summed E-state index contributed by atoms with van der Waals surface area (Å²) in [6.45, 7) is 4.80. The molecule has 4 aliphatic rings. The lowest BCUT2D eigenvalue weighted by molar-refractivity contribution is -0.136. The van der Waals surface area contributed by atoms with Gasteiger partial charge in [0.1, 0.15) is 5.78 Å². The zero-order valence-electron chi connectivity index (χ0n) is 13.6. The number of hydrogen-bond donors (Lipinski definition) is 1. The van der Waals surface area contributed by atoms with Crippen molar-refractivity contribution in [1.29, 1.82) is 5.41 Å². The van der Waals surface area contributed by atoms with Crippen LogP contribution < -0.4 is 0 Å². The Morgan fingerprint density at radius 3 is 2.62 bits per heavy atom. The Hall–Kier alpha value is -0.660. The number of nitrogens with one attached hydrogen (secondary N) is 1. The molecule has 0 aromatic heterocycles. The molecular weight excluding hydrogens is 258 g/mol. The summed E-state index contributed by atoms with van der Waals surface area (Å²) in [4.78, 5) is 12.4. The van der Waals surface area contributed by atoms with Crippen molar-refractivity contribution in [3.05, 3.63) is 0 Å². The molecule has 4 aliphatic carbocycles. The molecule has 4 fully saturated rings. The summed E-state index contributed by atoms with van der Waals surface area (Å²) in [5, 5.41) is 8.06. The van der Waals surface area contributed by atoms with E-state index in [1.807, 2.05) is 0 Å². The maximum absolute atomic E-state index is 12.4. The third-order valence-electron chi connectivity index (χ3n) is 8.23. The van der Waals surface area contributed by atoms with E-state index in [1.165, 1.54) is 25.7 Å². The molecule has 4 saturated carbocycles. The molecule has 0 radical (unpaired) electrons. The van der Waals surface area contributed by atoms with Gasteiger partial charge in [-0.05, 0) is 80.5 Å². The number of hydrogen-bond acceptors (Lipinski definition) is 2. The van der Waals surface area contributed by atoms with E-state index in [0.29, 0.717) is 17.1 Å². The first-order chi connectivity index (χ1) is 9.95. The van der Waals surface area contributed by atoms with E-state index in [4.69, 9.17) is 5.41 Å². The fraction of sp³-hybridized carbons (Fsp3) is 0.895. The van der Waals surface area contributed by atoms with Gasteiger partial charge in [0.2, 0.25) is 0 Å². The van der Waals surface area contributed by atoms with E-state index in [2.05, 4.69) is 13.8 Å². The van der Waals surface area contributed by atoms with Crippen LogP contribution in [0.5, 0.6) is 0 Å². The van der Waals surface area contributed by atoms with Crippen LogP contribution >= 0.6 is 0 Å². The molecule has 21 heavy (non-hydrogen) atoms. The Morgan fingerprint density at radius 1 is 1.00 bits per heavy atom. The third-order valence-corrected chi connectivity index (χ3v) is 8.23. The summed E-state index contributed by atoms with van der Waals surface area (Å²) in [5.74, 6) is 3.60. The molecule has 0 unspecified atom stereocenters. The Morgan fingerprint density at radius 2 is 1.81 bits per heavy atom. The first-order valence-electron chi connectivity index (χ1n) is 9.05. The van der Waals surface area contributed by atoms with Crippen molar-refractivity contribution in [3.63, 3.8) is 0 Å². The minimum Gasteiger partial charge on any atom is -0.310 e. The smallest absolute Gasteiger partial charge is 0.139 e. The average Bonchev–Trinajstić information content (AvgIpc) is 2.76. The molecule has 2 nitrogen and oxygen atoms in total. The molecule has 0 bridgehead atoms. The summed E-state index contributed by atoms with van der Waals surface area (Å²) in [5.41, 5.74) is 1.47. The lowest BCUT2D eigenvalue weighted by Crippen LogP contribution is -2.53. The van der Waals surface area contributed by atoms with Crippen LogP contribution in [0.4, 0.5) is 0 Å². The van der Waals surface area contributed by atoms with E-state index in [1.54, 1.807) is 0 Å². The third kappa shape index (κ3) is 1.77. The number of carbonyl (C=O) groups is 1. The Bertz CT molecular complexity index is 498. The first-order valence-corrected chi connectivity index (χ1v) is 9.05. The Balaban J connectivity index is 1.65. The van der Waals surface area contributed by atoms with Crippen LogP contribution in [0.3, 0.4) is 0 Å². The van der Waals surface area contributed by atoms with Crippen molar-refractivity contribution >= 4 is 11.5 Å². The minimum absolute atomic E-state index is 0.0196. The molecule has 0 heterocycles. The van der Waals surface area contributed by atoms with Gasteiger partial charge in [0.25, 0.3) is 0 Å². The van der Waals surface area contributed by atoms with E-state index in [-0.39, 0.29) is 5.41 Å². The van der Waals surface area contributed by atoms with Gasteiger partial charge < -0.3 is 5.41 Å². The van der Waals surface area contributed by atoms with Gasteiger partial charge >= 0.3 is 0 Å². The summed E-state index contributed by atoms with van der Waals surface area (Å²) < 4.78 is 0. The number of ketones is 1. The Labute approximate surface area is 128 Å². The molecule has 0 amide bonds. The van der Waals surface area contributed by atoms with Crippen LogP contribution in [-0.4, -0.2) is 11.5 Å². The van der Waals surface area contributed by atoms with Crippen molar-refractivity contribution in [1.82, 2.24) is 0 Å². The highest BCUT2D eigenvalue weighted by molar-refractivity contribution is 5.87. The zero-order valence-corrected chi connectivity index (χ0v) is 13.6. The quantitative estimate of drug-likeness (QED) is 0.694. The molecular formula is C19H29NO. The maximum atomic E-state index is 12.4. The van der Waals surface area contributed by atoms with Crippen LogP contribution in [0.1, 0.15) is 71.6 Å². The van der Waals surface area contributed by atoms with Crippen molar-refractivity contribution in [2.45, 2.75) is 71.6 Å². The standard InChI is InChI=1S/C19H29NO/c1-18-9-7-13(20)11-12(18)3-4-14-15-5-6-17(21)19(15,2)10-8-16(14)18/h12,14-16,20H,3-11H2,1-2H3/t12-,14-,15-,16-,18-,19-/m0/s1. The van der Waals surface area contributed by atoms with Crippen LogP contribution in [0.2, 0.25) is 0 Å². The van der Waals surface area contributed by atoms with Gasteiger partial charge in [-0.1, -0.05) is 13.8 Å². The second kappa shape index (κ2) is 4.43. The van der Waals surface area contributed by atoms with Gasteiger partial charge in [0.15, 0.2) is 0 Å². The topological polar surface area (TPSA) is 40.9 Å². The summed E-state index contributed by atoms with van der Waals surface area (Å²) in [6, 6.07) is 0. The van der Waals surface area contributed by atoms with Crippen molar-refractivity contribution in [3.8, 4) is 0 Å². The molecule has 6 atom stereocenters. The highest BCUT2D eigenvalue weighted by atomic mass is 16.1. The van der Waals surface area contributed by atoms with Crippen LogP contribution in [0.25, 0.3) is 0 Å². The largest absolute Gasteiger partial charge is 0.310 e. The minimum atomic E-state index is 0.0196. The lowest BCUT2D eigenvalue weighted by atomic mass is 9.45. The summed E-state index contributed by atoms with van der Waals surface area (Å²) in [7, 11) is 0. The number of carbonyl (C=O) groups excluding carboxylic acids is 1. The highest BCUT2D eigenvalue weighted by Crippen LogP contribution is 2.65. The normalized spacial score (nSPS) is 53.0. The highest BCUT2D eigenvalue weighted by Gasteiger charge is 2.59. The molecule has 0 aromatic rings. The van der Waals surface area contributed by atoms with E-state index < -0.39 is 0 Å². The molecule has 2 heteroatoms. The van der Waals surface area contributed by atoms with Gasteiger partial charge in [-0.3, -0.25) is 4.79 Å². The zero-order chi connectivity index (χ0) is 14.8. The fourth-order valence-electron chi connectivity index (χ4n) is 6.85. The van der Waals surface area contributed by atoms with Gasteiger partial charge in [-0.2, -0.15) is 0 Å². The van der Waals surface area contributed by atoms with Gasteiger partial charge in [0, 0.05) is 17.5 Å². The maximum Gasteiger partial charge on any atom is 0.139 e. The van der Waals surface area contributed by atoms with Crippen LogP contribution in [0.15, 0.2) is 0 Å². The number of Topliss-reactive ketones (excluding diaryl/α,β-unsaturated/α-hetero) is 1. The van der Waals surface area contributed by atoms with Crippen molar-refractivity contribution in [2.75, 3.05) is 0 Å². The Kier molecular flexibility index (Phi) is 2.94.